The van der Waals surface area contributed by atoms with E-state index in [1.54, 1.807) is 31.3 Å². The Labute approximate surface area is 199 Å². The molecule has 0 radical (unpaired) electrons. The van der Waals surface area contributed by atoms with Gasteiger partial charge >= 0.3 is 0 Å². The van der Waals surface area contributed by atoms with Gasteiger partial charge in [0.2, 0.25) is 11.7 Å². The fourth-order valence-corrected chi connectivity index (χ4v) is 5.21. The standard InChI is InChI=1S/C26H28ClNO5/c1-26(2)13-19-23(20(29)14-26)16(12-22(30)28(19)18-9-7-6-8-17(18)27)15-10-11-21(31-3)25(33-5)24(15)32-4/h6-11,16H,12-14H2,1-5H3. The Morgan fingerprint density at radius 3 is 2.27 bits per heavy atom. The van der Waals surface area contributed by atoms with Crippen molar-refractivity contribution >= 4 is 29.0 Å². The average molecular weight is 470 g/mol. The van der Waals surface area contributed by atoms with Crippen LogP contribution in [0.4, 0.5) is 5.69 Å². The van der Waals surface area contributed by atoms with Crippen LogP contribution in [0.5, 0.6) is 17.2 Å². The van der Waals surface area contributed by atoms with E-state index in [0.29, 0.717) is 52.1 Å². The number of hydrogen-bond donors (Lipinski definition) is 0. The van der Waals surface area contributed by atoms with E-state index in [0.717, 1.165) is 5.56 Å². The van der Waals surface area contributed by atoms with Crippen molar-refractivity contribution in [3.05, 3.63) is 58.3 Å². The van der Waals surface area contributed by atoms with Crippen LogP contribution in [0.25, 0.3) is 0 Å². The maximum absolute atomic E-state index is 13.6. The van der Waals surface area contributed by atoms with Crippen molar-refractivity contribution in [2.75, 3.05) is 26.2 Å². The van der Waals surface area contributed by atoms with Crippen LogP contribution in [0.1, 0.15) is 44.6 Å². The lowest BCUT2D eigenvalue weighted by Gasteiger charge is -2.43. The highest BCUT2D eigenvalue weighted by atomic mass is 35.5. The topological polar surface area (TPSA) is 65.1 Å². The van der Waals surface area contributed by atoms with Gasteiger partial charge in [-0.1, -0.05) is 43.6 Å². The molecule has 1 aliphatic heterocycles. The molecule has 4 rings (SSSR count). The van der Waals surface area contributed by atoms with Crippen molar-refractivity contribution in [2.24, 2.45) is 5.41 Å². The molecule has 0 bridgehead atoms. The number of rotatable bonds is 5. The second kappa shape index (κ2) is 8.75. The van der Waals surface area contributed by atoms with E-state index in [4.69, 9.17) is 25.8 Å². The van der Waals surface area contributed by atoms with Gasteiger partial charge in [0.25, 0.3) is 0 Å². The summed E-state index contributed by atoms with van der Waals surface area (Å²) in [5, 5.41) is 0.468. The number of ketones is 1. The zero-order valence-corrected chi connectivity index (χ0v) is 20.3. The molecule has 1 aliphatic carbocycles. The fourth-order valence-electron chi connectivity index (χ4n) is 4.99. The first-order valence-corrected chi connectivity index (χ1v) is 11.2. The molecule has 1 amide bonds. The predicted molar refractivity (Wildman–Crippen MR) is 127 cm³/mol. The maximum Gasteiger partial charge on any atom is 0.232 e. The van der Waals surface area contributed by atoms with Gasteiger partial charge in [-0.25, -0.2) is 0 Å². The van der Waals surface area contributed by atoms with Crippen LogP contribution in [0.3, 0.4) is 0 Å². The van der Waals surface area contributed by atoms with Crippen LogP contribution in [0, 0.1) is 5.41 Å². The molecule has 174 valence electrons. The highest BCUT2D eigenvalue weighted by molar-refractivity contribution is 6.34. The van der Waals surface area contributed by atoms with Crippen molar-refractivity contribution in [3.8, 4) is 17.2 Å². The van der Waals surface area contributed by atoms with Crippen LogP contribution in [-0.4, -0.2) is 33.0 Å². The van der Waals surface area contributed by atoms with E-state index >= 15 is 0 Å². The predicted octanol–water partition coefficient (Wildman–Crippen LogP) is 5.53. The molecule has 0 spiro atoms. The van der Waals surface area contributed by atoms with Crippen LogP contribution in [0.2, 0.25) is 5.02 Å². The molecule has 0 fully saturated rings. The number of halogens is 1. The summed E-state index contributed by atoms with van der Waals surface area (Å²) in [6.07, 6.45) is 1.10. The second-order valence-electron chi connectivity index (χ2n) is 9.16. The average Bonchev–Trinajstić information content (AvgIpc) is 2.77. The van der Waals surface area contributed by atoms with Crippen LogP contribution >= 0.6 is 11.6 Å². The molecule has 1 unspecified atom stereocenters. The second-order valence-corrected chi connectivity index (χ2v) is 9.57. The number of hydrogen-bond acceptors (Lipinski definition) is 5. The molecule has 0 saturated carbocycles. The zero-order valence-electron chi connectivity index (χ0n) is 19.5. The SMILES string of the molecule is COc1ccc(C2CC(=O)N(c3ccccc3Cl)C3=C2C(=O)CC(C)(C)C3)c(OC)c1OC. The number of amides is 1. The van der Waals surface area contributed by atoms with Crippen molar-refractivity contribution in [3.63, 3.8) is 0 Å². The minimum atomic E-state index is -0.454. The molecule has 2 aromatic rings. The third-order valence-corrected chi connectivity index (χ3v) is 6.67. The number of benzene rings is 2. The third kappa shape index (κ3) is 3.97. The first kappa shape index (κ1) is 23.2. The molecule has 2 aliphatic rings. The van der Waals surface area contributed by atoms with Crippen molar-refractivity contribution in [1.29, 1.82) is 0 Å². The number of anilines is 1. The largest absolute Gasteiger partial charge is 0.493 e. The van der Waals surface area contributed by atoms with Gasteiger partial charge in [0.1, 0.15) is 0 Å². The minimum absolute atomic E-state index is 0.0349. The summed E-state index contributed by atoms with van der Waals surface area (Å²) in [7, 11) is 4.63. The lowest BCUT2D eigenvalue weighted by Crippen LogP contribution is -2.43. The fraction of sp³-hybridized carbons (Fsp3) is 0.385. The number of carbonyl (C=O) groups excluding carboxylic acids is 2. The number of carbonyl (C=O) groups is 2. The summed E-state index contributed by atoms with van der Waals surface area (Å²) in [5.74, 6) is 0.879. The van der Waals surface area contributed by atoms with Crippen molar-refractivity contribution < 1.29 is 23.8 Å². The summed E-state index contributed by atoms with van der Waals surface area (Å²) in [6.45, 7) is 4.09. The monoisotopic (exact) mass is 469 g/mol. The highest BCUT2D eigenvalue weighted by Crippen LogP contribution is 2.52. The van der Waals surface area contributed by atoms with Gasteiger partial charge in [-0.15, -0.1) is 0 Å². The number of para-hydroxylation sites is 1. The molecule has 1 heterocycles. The molecule has 0 aromatic heterocycles. The van der Waals surface area contributed by atoms with E-state index in [-0.39, 0.29) is 23.5 Å². The van der Waals surface area contributed by atoms with Gasteiger partial charge in [0.05, 0.1) is 32.0 Å². The van der Waals surface area contributed by atoms with Crippen LogP contribution < -0.4 is 19.1 Å². The molecule has 1 atom stereocenters. The zero-order chi connectivity index (χ0) is 23.9. The number of nitrogens with zero attached hydrogens (tertiary/aromatic N) is 1. The lowest BCUT2D eigenvalue weighted by molar-refractivity contribution is -0.121. The summed E-state index contributed by atoms with van der Waals surface area (Å²) in [4.78, 5) is 28.8. The van der Waals surface area contributed by atoms with Gasteiger partial charge < -0.3 is 14.2 Å². The van der Waals surface area contributed by atoms with Crippen LogP contribution in [-0.2, 0) is 9.59 Å². The molecule has 2 aromatic carbocycles. The van der Waals surface area contributed by atoms with Gasteiger partial charge in [0.15, 0.2) is 17.3 Å². The molecule has 0 saturated heterocycles. The van der Waals surface area contributed by atoms with Gasteiger partial charge in [-0.05, 0) is 30.0 Å². The highest BCUT2D eigenvalue weighted by Gasteiger charge is 2.45. The van der Waals surface area contributed by atoms with Crippen molar-refractivity contribution in [2.45, 2.75) is 39.0 Å². The summed E-state index contributed by atoms with van der Waals surface area (Å²) >= 11 is 6.48. The Kier molecular flexibility index (Phi) is 6.14. The Morgan fingerprint density at radius 1 is 0.939 bits per heavy atom. The minimum Gasteiger partial charge on any atom is -0.493 e. The van der Waals surface area contributed by atoms with E-state index in [1.807, 2.05) is 38.1 Å². The van der Waals surface area contributed by atoms with E-state index < -0.39 is 5.92 Å². The van der Waals surface area contributed by atoms with Gasteiger partial charge in [-0.2, -0.15) is 0 Å². The maximum atomic E-state index is 13.6. The first-order valence-electron chi connectivity index (χ1n) is 10.8. The molecule has 33 heavy (non-hydrogen) atoms. The Morgan fingerprint density at radius 2 is 1.64 bits per heavy atom. The summed E-state index contributed by atoms with van der Waals surface area (Å²) < 4.78 is 16.7. The Bertz CT molecular complexity index is 1150. The number of allylic oxidation sites excluding steroid dienone is 2. The molecular formula is C26H28ClNO5. The number of Topliss-reactive ketones (excluding diaryl/α,β-unsaturated/α-hetero) is 1. The Hall–Kier alpha value is -2.99. The molecule has 6 nitrogen and oxygen atoms in total. The number of methoxy groups -OCH3 is 3. The summed E-state index contributed by atoms with van der Waals surface area (Å²) in [5.41, 5.74) is 2.39. The smallest absolute Gasteiger partial charge is 0.232 e. The van der Waals surface area contributed by atoms with Crippen LogP contribution in [0.15, 0.2) is 47.7 Å². The summed E-state index contributed by atoms with van der Waals surface area (Å²) in [6, 6.07) is 10.9. The quantitative estimate of drug-likeness (QED) is 0.576. The Balaban J connectivity index is 1.96. The molecular weight excluding hydrogens is 442 g/mol. The normalized spacial score (nSPS) is 19.9. The molecule has 0 N–H and O–H groups in total. The third-order valence-electron chi connectivity index (χ3n) is 6.35. The molecule has 7 heteroatoms. The lowest BCUT2D eigenvalue weighted by atomic mass is 9.69. The first-order chi connectivity index (χ1) is 15.7. The van der Waals surface area contributed by atoms with Gasteiger partial charge in [0, 0.05) is 35.6 Å². The van der Waals surface area contributed by atoms with E-state index in [9.17, 15) is 9.59 Å². The van der Waals surface area contributed by atoms with Crippen molar-refractivity contribution in [1.82, 2.24) is 0 Å². The number of ether oxygens (including phenoxy) is 3. The van der Waals surface area contributed by atoms with E-state index in [2.05, 4.69) is 0 Å². The van der Waals surface area contributed by atoms with Gasteiger partial charge in [-0.3, -0.25) is 14.5 Å². The van der Waals surface area contributed by atoms with E-state index in [1.165, 1.54) is 7.11 Å².